The molecular formula is C15H31N3. The van der Waals surface area contributed by atoms with Crippen LogP contribution in [0.5, 0.6) is 0 Å². The second-order valence-corrected chi connectivity index (χ2v) is 6.16. The molecule has 0 aromatic heterocycles. The molecule has 2 rings (SSSR count). The van der Waals surface area contributed by atoms with E-state index in [-0.39, 0.29) is 0 Å². The predicted octanol–water partition coefficient (Wildman–Crippen LogP) is 1.75. The molecule has 18 heavy (non-hydrogen) atoms. The van der Waals surface area contributed by atoms with E-state index in [1.54, 1.807) is 0 Å². The standard InChI is InChI=1S/C15H31N3/c1-3-17-11-13-18(14-12-17)8-4-5-15-6-9-16(2)10-7-15/h15H,3-14H2,1-2H3. The van der Waals surface area contributed by atoms with Gasteiger partial charge in [-0.25, -0.2) is 0 Å². The van der Waals surface area contributed by atoms with Gasteiger partial charge in [-0.2, -0.15) is 0 Å². The molecular weight excluding hydrogens is 222 g/mol. The lowest BCUT2D eigenvalue weighted by Crippen LogP contribution is -2.46. The first kappa shape index (κ1) is 14.3. The van der Waals surface area contributed by atoms with Crippen molar-refractivity contribution in [3.05, 3.63) is 0 Å². The maximum absolute atomic E-state index is 2.67. The molecule has 2 aliphatic rings. The summed E-state index contributed by atoms with van der Waals surface area (Å²) in [6.45, 7) is 12.6. The fourth-order valence-electron chi connectivity index (χ4n) is 3.28. The Balaban J connectivity index is 1.53. The highest BCUT2D eigenvalue weighted by atomic mass is 15.3. The molecule has 0 aromatic rings. The minimum Gasteiger partial charge on any atom is -0.306 e. The van der Waals surface area contributed by atoms with Gasteiger partial charge in [0.05, 0.1) is 0 Å². The summed E-state index contributed by atoms with van der Waals surface area (Å²) in [6.07, 6.45) is 5.74. The van der Waals surface area contributed by atoms with Crippen LogP contribution in [0.4, 0.5) is 0 Å². The zero-order valence-corrected chi connectivity index (χ0v) is 12.4. The van der Waals surface area contributed by atoms with Crippen molar-refractivity contribution in [1.29, 1.82) is 0 Å². The number of hydrogen-bond donors (Lipinski definition) is 0. The highest BCUT2D eigenvalue weighted by molar-refractivity contribution is 4.73. The van der Waals surface area contributed by atoms with Crippen LogP contribution >= 0.6 is 0 Å². The highest BCUT2D eigenvalue weighted by Crippen LogP contribution is 2.21. The predicted molar refractivity (Wildman–Crippen MR) is 78.0 cm³/mol. The molecule has 0 unspecified atom stereocenters. The van der Waals surface area contributed by atoms with Gasteiger partial charge in [0.2, 0.25) is 0 Å². The third kappa shape index (κ3) is 4.52. The summed E-state index contributed by atoms with van der Waals surface area (Å²) in [4.78, 5) is 7.70. The van der Waals surface area contributed by atoms with Crippen LogP contribution < -0.4 is 0 Å². The van der Waals surface area contributed by atoms with E-state index in [2.05, 4.69) is 28.7 Å². The van der Waals surface area contributed by atoms with Crippen LogP contribution in [0.15, 0.2) is 0 Å². The fraction of sp³-hybridized carbons (Fsp3) is 1.00. The lowest BCUT2D eigenvalue weighted by atomic mass is 9.92. The summed E-state index contributed by atoms with van der Waals surface area (Å²) in [5.41, 5.74) is 0. The lowest BCUT2D eigenvalue weighted by Gasteiger charge is -2.34. The zero-order valence-electron chi connectivity index (χ0n) is 12.4. The Morgan fingerprint density at radius 2 is 1.50 bits per heavy atom. The minimum atomic E-state index is 1.01. The zero-order chi connectivity index (χ0) is 12.8. The minimum absolute atomic E-state index is 1.01. The second-order valence-electron chi connectivity index (χ2n) is 6.16. The van der Waals surface area contributed by atoms with Crippen molar-refractivity contribution >= 4 is 0 Å². The van der Waals surface area contributed by atoms with E-state index in [1.165, 1.54) is 78.0 Å². The van der Waals surface area contributed by atoms with Gasteiger partial charge in [-0.1, -0.05) is 6.92 Å². The monoisotopic (exact) mass is 253 g/mol. The summed E-state index contributed by atoms with van der Waals surface area (Å²) in [5.74, 6) is 1.01. The van der Waals surface area contributed by atoms with E-state index in [9.17, 15) is 0 Å². The average molecular weight is 253 g/mol. The van der Waals surface area contributed by atoms with Crippen LogP contribution in [-0.4, -0.2) is 74.1 Å². The van der Waals surface area contributed by atoms with Gasteiger partial charge in [-0.15, -0.1) is 0 Å². The van der Waals surface area contributed by atoms with Crippen molar-refractivity contribution < 1.29 is 0 Å². The first-order valence-corrected chi connectivity index (χ1v) is 7.91. The van der Waals surface area contributed by atoms with Gasteiger partial charge in [0.1, 0.15) is 0 Å². The second kappa shape index (κ2) is 7.46. The van der Waals surface area contributed by atoms with E-state index < -0.39 is 0 Å². The Kier molecular flexibility index (Phi) is 5.93. The summed E-state index contributed by atoms with van der Waals surface area (Å²) in [5, 5.41) is 0. The van der Waals surface area contributed by atoms with E-state index in [0.717, 1.165) is 5.92 Å². The van der Waals surface area contributed by atoms with Gasteiger partial charge < -0.3 is 14.7 Å². The Morgan fingerprint density at radius 3 is 2.11 bits per heavy atom. The smallest absolute Gasteiger partial charge is 0.0110 e. The van der Waals surface area contributed by atoms with Crippen LogP contribution in [0.25, 0.3) is 0 Å². The quantitative estimate of drug-likeness (QED) is 0.739. The number of likely N-dealkylation sites (tertiary alicyclic amines) is 1. The van der Waals surface area contributed by atoms with Crippen LogP contribution in [-0.2, 0) is 0 Å². The Labute approximate surface area is 113 Å². The summed E-state index contributed by atoms with van der Waals surface area (Å²) < 4.78 is 0. The number of likely N-dealkylation sites (N-methyl/N-ethyl adjacent to an activating group) is 1. The third-order valence-corrected chi connectivity index (χ3v) is 4.84. The number of rotatable bonds is 5. The van der Waals surface area contributed by atoms with Crippen molar-refractivity contribution in [1.82, 2.24) is 14.7 Å². The maximum atomic E-state index is 2.67. The topological polar surface area (TPSA) is 9.72 Å². The van der Waals surface area contributed by atoms with Gasteiger partial charge >= 0.3 is 0 Å². The Bertz CT molecular complexity index is 216. The molecule has 0 aromatic carbocycles. The first-order valence-electron chi connectivity index (χ1n) is 7.91. The molecule has 3 nitrogen and oxygen atoms in total. The Hall–Kier alpha value is -0.120. The molecule has 0 bridgehead atoms. The van der Waals surface area contributed by atoms with Crippen molar-refractivity contribution in [3.63, 3.8) is 0 Å². The van der Waals surface area contributed by atoms with Crippen LogP contribution in [0, 0.1) is 5.92 Å². The van der Waals surface area contributed by atoms with Crippen molar-refractivity contribution in [2.45, 2.75) is 32.6 Å². The van der Waals surface area contributed by atoms with Crippen molar-refractivity contribution in [2.24, 2.45) is 5.92 Å². The SMILES string of the molecule is CCN1CCN(CCCC2CCN(C)CC2)CC1. The van der Waals surface area contributed by atoms with E-state index >= 15 is 0 Å². The number of hydrogen-bond acceptors (Lipinski definition) is 3. The summed E-state index contributed by atoms with van der Waals surface area (Å²) >= 11 is 0. The molecule has 0 atom stereocenters. The maximum Gasteiger partial charge on any atom is 0.0110 e. The number of piperidine rings is 1. The largest absolute Gasteiger partial charge is 0.306 e. The average Bonchev–Trinajstić information content (AvgIpc) is 2.42. The van der Waals surface area contributed by atoms with Gasteiger partial charge in [-0.3, -0.25) is 0 Å². The molecule has 0 radical (unpaired) electrons. The molecule has 0 N–H and O–H groups in total. The van der Waals surface area contributed by atoms with Crippen LogP contribution in [0.3, 0.4) is 0 Å². The van der Waals surface area contributed by atoms with Crippen LogP contribution in [0.2, 0.25) is 0 Å². The van der Waals surface area contributed by atoms with Gasteiger partial charge in [0, 0.05) is 26.2 Å². The third-order valence-electron chi connectivity index (χ3n) is 4.84. The lowest BCUT2D eigenvalue weighted by molar-refractivity contribution is 0.131. The van der Waals surface area contributed by atoms with E-state index in [1.807, 2.05) is 0 Å². The molecule has 0 spiro atoms. The van der Waals surface area contributed by atoms with Gasteiger partial charge in [-0.05, 0) is 64.8 Å². The molecule has 2 saturated heterocycles. The fourth-order valence-corrected chi connectivity index (χ4v) is 3.28. The summed E-state index contributed by atoms with van der Waals surface area (Å²) in [6, 6.07) is 0. The summed E-state index contributed by atoms with van der Waals surface area (Å²) in [7, 11) is 2.25. The molecule has 106 valence electrons. The van der Waals surface area contributed by atoms with Gasteiger partial charge in [0.15, 0.2) is 0 Å². The highest BCUT2D eigenvalue weighted by Gasteiger charge is 2.18. The molecule has 2 fully saturated rings. The first-order chi connectivity index (χ1) is 8.78. The molecule has 0 aliphatic carbocycles. The van der Waals surface area contributed by atoms with E-state index in [0.29, 0.717) is 0 Å². The van der Waals surface area contributed by atoms with Crippen molar-refractivity contribution in [2.75, 3.05) is 59.4 Å². The Morgan fingerprint density at radius 1 is 0.889 bits per heavy atom. The van der Waals surface area contributed by atoms with Gasteiger partial charge in [0.25, 0.3) is 0 Å². The normalized spacial score (nSPS) is 25.7. The molecule has 0 saturated carbocycles. The van der Waals surface area contributed by atoms with Crippen LogP contribution in [0.1, 0.15) is 32.6 Å². The number of piperazine rings is 1. The number of nitrogens with zero attached hydrogens (tertiary/aromatic N) is 3. The van der Waals surface area contributed by atoms with E-state index in [4.69, 9.17) is 0 Å². The molecule has 3 heteroatoms. The molecule has 0 amide bonds. The van der Waals surface area contributed by atoms with Crippen molar-refractivity contribution in [3.8, 4) is 0 Å². The molecule has 2 heterocycles. The molecule has 2 aliphatic heterocycles.